The maximum Gasteiger partial charge on any atom is 0.263 e. The maximum absolute atomic E-state index is 12.4. The molecule has 0 fully saturated rings. The van der Waals surface area contributed by atoms with Gasteiger partial charge in [-0.1, -0.05) is 19.0 Å². The van der Waals surface area contributed by atoms with Gasteiger partial charge in [0.1, 0.15) is 5.76 Å². The lowest BCUT2D eigenvalue weighted by Crippen LogP contribution is -2.13. The minimum Gasteiger partial charge on any atom is -0.360 e. The van der Waals surface area contributed by atoms with Gasteiger partial charge in [-0.15, -0.1) is 0 Å². The number of hydrogen-bond acceptors (Lipinski definition) is 5. The van der Waals surface area contributed by atoms with Gasteiger partial charge in [0.2, 0.25) is 0 Å². The molecule has 2 N–H and O–H groups in total. The molecule has 0 aliphatic heterocycles. The molecule has 0 aliphatic carbocycles. The number of rotatable bonds is 7. The van der Waals surface area contributed by atoms with Crippen molar-refractivity contribution in [1.82, 2.24) is 5.16 Å². The molecular weight excluding hydrogens is 337 g/mol. The quantitative estimate of drug-likeness (QED) is 0.735. The van der Waals surface area contributed by atoms with Crippen molar-refractivity contribution in [3.8, 4) is 0 Å². The molecule has 0 radical (unpaired) electrons. The third kappa shape index (κ3) is 4.36. The first kappa shape index (κ1) is 17.6. The molecule has 2 aromatic rings. The van der Waals surface area contributed by atoms with Crippen molar-refractivity contribution in [1.29, 1.82) is 0 Å². The molecule has 23 heavy (non-hydrogen) atoms. The third-order valence-electron chi connectivity index (χ3n) is 3.39. The smallest absolute Gasteiger partial charge is 0.263 e. The number of hydrogen-bond donors (Lipinski definition) is 2. The van der Waals surface area contributed by atoms with Crippen molar-refractivity contribution < 1.29 is 17.5 Å². The largest absolute Gasteiger partial charge is 0.360 e. The summed E-state index contributed by atoms with van der Waals surface area (Å²) in [6, 6.07) is 7.59. The highest BCUT2D eigenvalue weighted by atomic mass is 32.2. The third-order valence-corrected chi connectivity index (χ3v) is 7.47. The Morgan fingerprint density at radius 1 is 1.17 bits per heavy atom. The second kappa shape index (κ2) is 6.76. The van der Waals surface area contributed by atoms with Crippen molar-refractivity contribution in [3.63, 3.8) is 0 Å². The highest BCUT2D eigenvalue weighted by Gasteiger charge is 2.18. The minimum absolute atomic E-state index is 0.0894. The van der Waals surface area contributed by atoms with Crippen LogP contribution in [0, 0.1) is 6.92 Å². The van der Waals surface area contributed by atoms with Crippen LogP contribution < -0.4 is 9.81 Å². The molecule has 0 atom stereocenters. The van der Waals surface area contributed by atoms with Crippen LogP contribution in [0.25, 0.3) is 0 Å². The average Bonchev–Trinajstić information content (AvgIpc) is 2.92. The fraction of sp³-hybridized carbons (Fsp3) is 0.357. The molecule has 2 rings (SSSR count). The number of nitrogens with one attached hydrogen (secondary N) is 2. The summed E-state index contributed by atoms with van der Waals surface area (Å²) in [6.07, 6.45) is 1.08. The Morgan fingerprint density at radius 3 is 2.26 bits per heavy atom. The van der Waals surface area contributed by atoms with Crippen LogP contribution in [0.3, 0.4) is 0 Å². The normalized spacial score (nSPS) is 12.1. The summed E-state index contributed by atoms with van der Waals surface area (Å²) < 4.78 is 44.1. The zero-order valence-electron chi connectivity index (χ0n) is 13.2. The first-order valence-corrected chi connectivity index (χ1v) is 10.8. The first-order valence-electron chi connectivity index (χ1n) is 7.20. The molecule has 9 heteroatoms. The van der Waals surface area contributed by atoms with Crippen LogP contribution in [0.4, 0.5) is 11.5 Å². The van der Waals surface area contributed by atoms with E-state index in [2.05, 4.69) is 15.0 Å². The monoisotopic (exact) mass is 357 g/mol. The molecule has 0 bridgehead atoms. The minimum atomic E-state index is -3.74. The van der Waals surface area contributed by atoms with Gasteiger partial charge in [-0.25, -0.2) is 8.42 Å². The summed E-state index contributed by atoms with van der Waals surface area (Å²) in [5.74, 6) is 0.642. The number of benzene rings is 1. The average molecular weight is 357 g/mol. The van der Waals surface area contributed by atoms with Crippen molar-refractivity contribution in [2.24, 2.45) is 0 Å². The van der Waals surface area contributed by atoms with Gasteiger partial charge in [-0.2, -0.15) is 0 Å². The Morgan fingerprint density at radius 2 is 1.78 bits per heavy atom. The van der Waals surface area contributed by atoms with Gasteiger partial charge in [0.05, 0.1) is 4.90 Å². The van der Waals surface area contributed by atoms with Gasteiger partial charge in [0, 0.05) is 24.1 Å². The SMILES string of the molecule is CCP(=O)(CC)Nc1ccc(S(=O)(=O)Nc2cc(C)on2)cc1. The van der Waals surface area contributed by atoms with Crippen LogP contribution in [-0.2, 0) is 14.6 Å². The highest BCUT2D eigenvalue weighted by Crippen LogP contribution is 2.44. The molecular formula is C14H20N3O4PS. The van der Waals surface area contributed by atoms with Crippen LogP contribution in [0.2, 0.25) is 0 Å². The highest BCUT2D eigenvalue weighted by molar-refractivity contribution is 7.92. The maximum atomic E-state index is 12.4. The van der Waals surface area contributed by atoms with Crippen LogP contribution in [0.15, 0.2) is 39.8 Å². The van der Waals surface area contributed by atoms with E-state index in [9.17, 15) is 13.0 Å². The van der Waals surface area contributed by atoms with E-state index in [-0.39, 0.29) is 10.7 Å². The predicted molar refractivity (Wildman–Crippen MR) is 90.8 cm³/mol. The molecule has 7 nitrogen and oxygen atoms in total. The van der Waals surface area contributed by atoms with Crippen molar-refractivity contribution in [2.45, 2.75) is 25.7 Å². The van der Waals surface area contributed by atoms with Gasteiger partial charge in [-0.05, 0) is 31.2 Å². The lowest BCUT2D eigenvalue weighted by Gasteiger charge is -2.17. The van der Waals surface area contributed by atoms with E-state index in [4.69, 9.17) is 4.52 Å². The second-order valence-electron chi connectivity index (χ2n) is 5.09. The van der Waals surface area contributed by atoms with E-state index in [1.165, 1.54) is 18.2 Å². The summed E-state index contributed by atoms with van der Waals surface area (Å²) in [7, 11) is -6.19. The van der Waals surface area contributed by atoms with Gasteiger partial charge in [0.15, 0.2) is 13.1 Å². The zero-order valence-corrected chi connectivity index (χ0v) is 14.9. The summed E-state index contributed by atoms with van der Waals surface area (Å²) in [5.41, 5.74) is 0.633. The summed E-state index contributed by atoms with van der Waals surface area (Å²) in [5, 5.41) is 6.60. The predicted octanol–water partition coefficient (Wildman–Crippen LogP) is 3.51. The van der Waals surface area contributed by atoms with Gasteiger partial charge in [0.25, 0.3) is 10.0 Å². The van der Waals surface area contributed by atoms with Gasteiger partial charge >= 0.3 is 0 Å². The molecule has 0 aliphatic rings. The molecule has 0 saturated heterocycles. The molecule has 126 valence electrons. The second-order valence-corrected chi connectivity index (χ2v) is 10.0. The number of sulfonamides is 1. The Balaban J connectivity index is 2.16. The first-order chi connectivity index (χ1) is 10.8. The Kier molecular flexibility index (Phi) is 5.16. The fourth-order valence-electron chi connectivity index (χ4n) is 1.94. The van der Waals surface area contributed by atoms with E-state index in [1.54, 1.807) is 19.1 Å². The molecule has 0 unspecified atom stereocenters. The molecule has 0 amide bonds. The van der Waals surface area contributed by atoms with Crippen molar-refractivity contribution >= 4 is 28.8 Å². The van der Waals surface area contributed by atoms with Crippen molar-refractivity contribution in [2.75, 3.05) is 22.1 Å². The fourth-order valence-corrected chi connectivity index (χ4v) is 4.30. The van der Waals surface area contributed by atoms with Crippen LogP contribution in [0.5, 0.6) is 0 Å². The Labute approximate surface area is 135 Å². The van der Waals surface area contributed by atoms with Crippen LogP contribution >= 0.6 is 7.29 Å². The Hall–Kier alpha value is -1.79. The number of aromatic nitrogens is 1. The van der Waals surface area contributed by atoms with Crippen LogP contribution in [0.1, 0.15) is 19.6 Å². The lowest BCUT2D eigenvalue weighted by molar-refractivity contribution is 0.400. The number of anilines is 2. The topological polar surface area (TPSA) is 101 Å². The summed E-state index contributed by atoms with van der Waals surface area (Å²) in [4.78, 5) is 0.0894. The lowest BCUT2D eigenvalue weighted by atomic mass is 10.3. The Bertz CT molecular complexity index is 807. The van der Waals surface area contributed by atoms with E-state index in [1.807, 2.05) is 13.8 Å². The summed E-state index contributed by atoms with van der Waals surface area (Å²) >= 11 is 0. The number of aryl methyl sites for hydroxylation is 1. The molecule has 1 heterocycles. The van der Waals surface area contributed by atoms with E-state index >= 15 is 0 Å². The number of nitrogens with zero attached hydrogens (tertiary/aromatic N) is 1. The van der Waals surface area contributed by atoms with E-state index < -0.39 is 17.3 Å². The van der Waals surface area contributed by atoms with Gasteiger partial charge in [-0.3, -0.25) is 4.72 Å². The van der Waals surface area contributed by atoms with E-state index in [0.29, 0.717) is 23.8 Å². The standard InChI is InChI=1S/C14H20N3O4PS/c1-4-22(18,5-2)16-12-6-8-13(9-7-12)23(19,20)17-14-10-11(3)21-15-14/h6-10H,4-5H2,1-3H3,(H,15,17)(H,16,18). The molecule has 0 saturated carbocycles. The van der Waals surface area contributed by atoms with E-state index in [0.717, 1.165) is 0 Å². The zero-order chi connectivity index (χ0) is 17.1. The van der Waals surface area contributed by atoms with Crippen LogP contribution in [-0.4, -0.2) is 25.9 Å². The molecule has 1 aromatic carbocycles. The summed E-state index contributed by atoms with van der Waals surface area (Å²) in [6.45, 7) is 5.39. The van der Waals surface area contributed by atoms with Gasteiger partial charge < -0.3 is 14.2 Å². The molecule has 0 spiro atoms. The van der Waals surface area contributed by atoms with Crippen molar-refractivity contribution in [3.05, 3.63) is 36.1 Å². The molecule has 1 aromatic heterocycles.